The molecule has 0 radical (unpaired) electrons. The second-order valence-corrected chi connectivity index (χ2v) is 3.12. The number of nitrogens with zero attached hydrogens (tertiary/aromatic N) is 1. The maximum Gasteiger partial charge on any atom is 0.258 e. The van der Waals surface area contributed by atoms with E-state index < -0.39 is 0 Å². The van der Waals surface area contributed by atoms with Crippen LogP contribution < -0.4 is 5.56 Å². The molecule has 2 aromatic heterocycles. The molecular formula is C7H6N2OS. The predicted octanol–water partition coefficient (Wildman–Crippen LogP) is 1.29. The SMILES string of the molecule is Cc1nsc2cc[nH]c(=O)c12. The summed E-state index contributed by atoms with van der Waals surface area (Å²) in [6, 6.07) is 1.86. The summed E-state index contributed by atoms with van der Waals surface area (Å²) < 4.78 is 5.03. The van der Waals surface area contributed by atoms with E-state index in [-0.39, 0.29) is 5.56 Å². The molecule has 2 aromatic rings. The molecule has 0 aliphatic rings. The highest BCUT2D eigenvalue weighted by molar-refractivity contribution is 7.13. The predicted molar refractivity (Wildman–Crippen MR) is 45.0 cm³/mol. The molecule has 0 aliphatic carbocycles. The Hall–Kier alpha value is -1.16. The van der Waals surface area contributed by atoms with Gasteiger partial charge >= 0.3 is 0 Å². The molecule has 4 heteroatoms. The molecular weight excluding hydrogens is 160 g/mol. The number of hydrogen-bond donors (Lipinski definition) is 1. The summed E-state index contributed by atoms with van der Waals surface area (Å²) in [4.78, 5) is 13.8. The molecule has 56 valence electrons. The van der Waals surface area contributed by atoms with Gasteiger partial charge in [0, 0.05) is 6.20 Å². The van der Waals surface area contributed by atoms with Crippen molar-refractivity contribution in [2.24, 2.45) is 0 Å². The van der Waals surface area contributed by atoms with Gasteiger partial charge in [-0.1, -0.05) is 0 Å². The Bertz CT molecular complexity index is 443. The molecule has 0 spiro atoms. The quantitative estimate of drug-likeness (QED) is 0.641. The molecule has 0 unspecified atom stereocenters. The van der Waals surface area contributed by atoms with E-state index in [1.165, 1.54) is 11.5 Å². The molecule has 1 N–H and O–H groups in total. The van der Waals surface area contributed by atoms with E-state index in [1.807, 2.05) is 13.0 Å². The second kappa shape index (κ2) is 2.17. The summed E-state index contributed by atoms with van der Waals surface area (Å²) >= 11 is 1.36. The summed E-state index contributed by atoms with van der Waals surface area (Å²) in [6.45, 7) is 1.84. The third kappa shape index (κ3) is 0.867. The number of aryl methyl sites for hydroxylation is 1. The number of H-pyrrole nitrogens is 1. The first-order valence-corrected chi connectivity index (χ1v) is 4.00. The van der Waals surface area contributed by atoms with Crippen molar-refractivity contribution in [1.82, 2.24) is 9.36 Å². The minimum Gasteiger partial charge on any atom is -0.328 e. The number of pyridine rings is 1. The van der Waals surface area contributed by atoms with Gasteiger partial charge in [0.2, 0.25) is 0 Å². The third-order valence-electron chi connectivity index (χ3n) is 1.57. The number of nitrogens with one attached hydrogen (secondary N) is 1. The first-order chi connectivity index (χ1) is 5.29. The molecule has 0 fully saturated rings. The average molecular weight is 166 g/mol. The first kappa shape index (κ1) is 6.54. The number of hydrogen-bond acceptors (Lipinski definition) is 3. The van der Waals surface area contributed by atoms with Crippen LogP contribution in [0.25, 0.3) is 10.1 Å². The van der Waals surface area contributed by atoms with E-state index in [1.54, 1.807) is 6.20 Å². The minimum atomic E-state index is -0.0475. The van der Waals surface area contributed by atoms with Crippen LogP contribution in [0.3, 0.4) is 0 Å². The second-order valence-electron chi connectivity index (χ2n) is 2.31. The molecule has 0 atom stereocenters. The number of fused-ring (bicyclic) bond motifs is 1. The van der Waals surface area contributed by atoms with Crippen LogP contribution >= 0.6 is 11.5 Å². The van der Waals surface area contributed by atoms with Gasteiger partial charge in [-0.2, -0.15) is 4.37 Å². The zero-order chi connectivity index (χ0) is 7.84. The molecule has 0 saturated heterocycles. The van der Waals surface area contributed by atoms with Crippen LogP contribution in [0.4, 0.5) is 0 Å². The van der Waals surface area contributed by atoms with Crippen LogP contribution in [-0.4, -0.2) is 9.36 Å². The lowest BCUT2D eigenvalue weighted by Crippen LogP contribution is -2.03. The Morgan fingerprint density at radius 1 is 1.64 bits per heavy atom. The van der Waals surface area contributed by atoms with Gasteiger partial charge < -0.3 is 4.98 Å². The van der Waals surface area contributed by atoms with Gasteiger partial charge in [-0.15, -0.1) is 0 Å². The van der Waals surface area contributed by atoms with Crippen LogP contribution in [-0.2, 0) is 0 Å². The highest BCUT2D eigenvalue weighted by atomic mass is 32.1. The lowest BCUT2D eigenvalue weighted by molar-refractivity contribution is 1.26. The normalized spacial score (nSPS) is 10.6. The lowest BCUT2D eigenvalue weighted by atomic mass is 10.3. The van der Waals surface area contributed by atoms with E-state index in [0.717, 1.165) is 15.8 Å². The summed E-state index contributed by atoms with van der Waals surface area (Å²) in [5, 5.41) is 0.720. The molecule has 0 amide bonds. The zero-order valence-electron chi connectivity index (χ0n) is 5.92. The molecule has 0 aromatic carbocycles. The van der Waals surface area contributed by atoms with Crippen LogP contribution in [0.2, 0.25) is 0 Å². The Kier molecular flexibility index (Phi) is 1.29. The van der Waals surface area contributed by atoms with Crippen molar-refractivity contribution in [3.63, 3.8) is 0 Å². The summed E-state index contributed by atoms with van der Waals surface area (Å²) in [7, 11) is 0. The lowest BCUT2D eigenvalue weighted by Gasteiger charge is -1.85. The van der Waals surface area contributed by atoms with E-state index in [2.05, 4.69) is 9.36 Å². The van der Waals surface area contributed by atoms with Crippen molar-refractivity contribution >= 4 is 21.6 Å². The molecule has 0 bridgehead atoms. The van der Waals surface area contributed by atoms with E-state index >= 15 is 0 Å². The van der Waals surface area contributed by atoms with Gasteiger partial charge in [-0.25, -0.2) is 0 Å². The first-order valence-electron chi connectivity index (χ1n) is 3.23. The molecule has 3 nitrogen and oxygen atoms in total. The minimum absolute atomic E-state index is 0.0475. The topological polar surface area (TPSA) is 45.8 Å². The highest BCUT2D eigenvalue weighted by Crippen LogP contribution is 2.16. The number of rotatable bonds is 0. The summed E-state index contributed by atoms with van der Waals surface area (Å²) in [6.07, 6.45) is 1.64. The van der Waals surface area contributed by atoms with Gasteiger partial charge in [-0.3, -0.25) is 4.79 Å². The Morgan fingerprint density at radius 2 is 2.45 bits per heavy atom. The number of aromatic amines is 1. The van der Waals surface area contributed by atoms with Crippen LogP contribution in [0.1, 0.15) is 5.69 Å². The van der Waals surface area contributed by atoms with Crippen molar-refractivity contribution < 1.29 is 0 Å². The van der Waals surface area contributed by atoms with E-state index in [0.29, 0.717) is 0 Å². The van der Waals surface area contributed by atoms with Gasteiger partial charge in [0.1, 0.15) is 0 Å². The van der Waals surface area contributed by atoms with Crippen molar-refractivity contribution in [2.75, 3.05) is 0 Å². The Morgan fingerprint density at radius 3 is 3.18 bits per heavy atom. The Labute approximate surface area is 66.9 Å². The summed E-state index contributed by atoms with van der Waals surface area (Å²) in [5.41, 5.74) is 0.764. The fraction of sp³-hybridized carbons (Fsp3) is 0.143. The van der Waals surface area contributed by atoms with Crippen molar-refractivity contribution in [3.05, 3.63) is 28.3 Å². The van der Waals surface area contributed by atoms with Crippen molar-refractivity contribution in [1.29, 1.82) is 0 Å². The van der Waals surface area contributed by atoms with Crippen LogP contribution in [0, 0.1) is 6.92 Å². The van der Waals surface area contributed by atoms with Gasteiger partial charge in [0.15, 0.2) is 0 Å². The van der Waals surface area contributed by atoms with Gasteiger partial charge in [0.25, 0.3) is 5.56 Å². The maximum absolute atomic E-state index is 11.2. The standard InChI is InChI=1S/C7H6N2OS/c1-4-6-5(11-9-4)2-3-8-7(6)10/h2-3H,1H3,(H,8,10). The summed E-state index contributed by atoms with van der Waals surface area (Å²) in [5.74, 6) is 0. The zero-order valence-corrected chi connectivity index (χ0v) is 6.73. The Balaban J connectivity index is 3.08. The number of aromatic nitrogens is 2. The molecule has 2 heterocycles. The van der Waals surface area contributed by atoms with Crippen molar-refractivity contribution in [2.45, 2.75) is 6.92 Å². The van der Waals surface area contributed by atoms with E-state index in [4.69, 9.17) is 0 Å². The van der Waals surface area contributed by atoms with Gasteiger partial charge in [0.05, 0.1) is 15.8 Å². The van der Waals surface area contributed by atoms with E-state index in [9.17, 15) is 4.79 Å². The molecule has 11 heavy (non-hydrogen) atoms. The smallest absolute Gasteiger partial charge is 0.258 e. The molecule has 2 rings (SSSR count). The fourth-order valence-corrected chi connectivity index (χ4v) is 1.83. The molecule has 0 aliphatic heterocycles. The highest BCUT2D eigenvalue weighted by Gasteiger charge is 2.03. The molecule has 0 saturated carbocycles. The van der Waals surface area contributed by atoms with Crippen molar-refractivity contribution in [3.8, 4) is 0 Å². The largest absolute Gasteiger partial charge is 0.328 e. The monoisotopic (exact) mass is 166 g/mol. The van der Waals surface area contributed by atoms with Crippen LogP contribution in [0.15, 0.2) is 17.1 Å². The fourth-order valence-electron chi connectivity index (χ4n) is 1.04. The average Bonchev–Trinajstić information content (AvgIpc) is 2.34. The van der Waals surface area contributed by atoms with Crippen LogP contribution in [0.5, 0.6) is 0 Å². The third-order valence-corrected chi connectivity index (χ3v) is 2.47. The van der Waals surface area contributed by atoms with Gasteiger partial charge in [-0.05, 0) is 24.5 Å². The maximum atomic E-state index is 11.2.